The lowest BCUT2D eigenvalue weighted by Crippen LogP contribution is -2.16. The molecule has 5 nitrogen and oxygen atoms in total. The summed E-state index contributed by atoms with van der Waals surface area (Å²) in [5.74, 6) is 2.16. The van der Waals surface area contributed by atoms with Gasteiger partial charge in [-0.3, -0.25) is 0 Å². The van der Waals surface area contributed by atoms with Crippen LogP contribution < -0.4 is 14.8 Å². The number of halogens is 1. The Hall–Kier alpha value is -2.26. The van der Waals surface area contributed by atoms with E-state index >= 15 is 0 Å². The highest BCUT2D eigenvalue weighted by atomic mass is 79.9. The Kier molecular flexibility index (Phi) is 4.16. The van der Waals surface area contributed by atoms with Crippen LogP contribution in [0.15, 0.2) is 34.8 Å². The Morgan fingerprint density at radius 2 is 2.00 bits per heavy atom. The summed E-state index contributed by atoms with van der Waals surface area (Å²) in [4.78, 5) is 4.23. The van der Waals surface area contributed by atoms with Gasteiger partial charge in [-0.1, -0.05) is 22.0 Å². The van der Waals surface area contributed by atoms with E-state index in [1.165, 1.54) is 0 Å². The third-order valence-electron chi connectivity index (χ3n) is 3.36. The summed E-state index contributed by atoms with van der Waals surface area (Å²) >= 11 is 3.57. The highest BCUT2D eigenvalue weighted by molar-refractivity contribution is 9.10. The van der Waals surface area contributed by atoms with Crippen LogP contribution in [0.4, 0.5) is 5.82 Å². The molecule has 0 radical (unpaired) electrons. The number of nitrogens with zero attached hydrogens (tertiary/aromatic N) is 2. The highest BCUT2D eigenvalue weighted by Gasteiger charge is 2.18. The summed E-state index contributed by atoms with van der Waals surface area (Å²) in [6, 6.07) is 11.2. The van der Waals surface area contributed by atoms with E-state index in [0.717, 1.165) is 21.5 Å². The molecule has 1 aromatic carbocycles. The van der Waals surface area contributed by atoms with Crippen molar-refractivity contribution in [2.45, 2.75) is 13.0 Å². The van der Waals surface area contributed by atoms with Crippen LogP contribution in [0.2, 0.25) is 0 Å². The number of benzene rings is 1. The van der Waals surface area contributed by atoms with Gasteiger partial charge in [-0.05, 0) is 36.8 Å². The van der Waals surface area contributed by atoms with Crippen LogP contribution in [0.3, 0.4) is 0 Å². The van der Waals surface area contributed by atoms with E-state index in [1.54, 1.807) is 12.1 Å². The summed E-state index contributed by atoms with van der Waals surface area (Å²) in [6.07, 6.45) is 0. The molecule has 0 saturated carbocycles. The van der Waals surface area contributed by atoms with E-state index in [0.29, 0.717) is 24.7 Å². The molecule has 1 aliphatic heterocycles. The second kappa shape index (κ2) is 6.24. The molecular formula is C16H14BrN3O2. The van der Waals surface area contributed by atoms with Gasteiger partial charge < -0.3 is 14.8 Å². The second-order valence-corrected chi connectivity index (χ2v) is 5.76. The van der Waals surface area contributed by atoms with Crippen molar-refractivity contribution in [3.63, 3.8) is 0 Å². The van der Waals surface area contributed by atoms with Crippen LogP contribution in [-0.4, -0.2) is 18.2 Å². The highest BCUT2D eigenvalue weighted by Crippen LogP contribution is 2.38. The van der Waals surface area contributed by atoms with Crippen LogP contribution in [0.1, 0.15) is 24.2 Å². The van der Waals surface area contributed by atoms with Gasteiger partial charge in [-0.15, -0.1) is 0 Å². The number of hydrogen-bond acceptors (Lipinski definition) is 5. The maximum atomic E-state index is 8.91. The van der Waals surface area contributed by atoms with Crippen molar-refractivity contribution in [3.05, 3.63) is 46.1 Å². The van der Waals surface area contributed by atoms with E-state index < -0.39 is 0 Å². The molecule has 3 rings (SSSR count). The van der Waals surface area contributed by atoms with Crippen molar-refractivity contribution in [2.75, 3.05) is 18.5 Å². The molecule has 1 unspecified atom stereocenters. The van der Waals surface area contributed by atoms with Crippen LogP contribution in [0.5, 0.6) is 11.5 Å². The lowest BCUT2D eigenvalue weighted by molar-refractivity contribution is 0.171. The average molecular weight is 360 g/mol. The number of ether oxygens (including phenoxy) is 2. The molecule has 22 heavy (non-hydrogen) atoms. The standard InChI is InChI=1S/C16H14BrN3O2/c1-10(19-16-4-2-3-11(9-18)20-16)12-7-14-15(8-13(12)17)22-6-5-21-14/h2-4,7-8,10H,5-6H2,1H3,(H,19,20). The zero-order chi connectivity index (χ0) is 15.5. The number of fused-ring (bicyclic) bond motifs is 1. The molecule has 0 fully saturated rings. The first-order valence-corrected chi connectivity index (χ1v) is 7.69. The fourth-order valence-electron chi connectivity index (χ4n) is 2.29. The first-order chi connectivity index (χ1) is 10.7. The minimum Gasteiger partial charge on any atom is -0.486 e. The maximum absolute atomic E-state index is 8.91. The zero-order valence-electron chi connectivity index (χ0n) is 12.0. The van der Waals surface area contributed by atoms with Gasteiger partial charge >= 0.3 is 0 Å². The molecular weight excluding hydrogens is 346 g/mol. The van der Waals surface area contributed by atoms with Gasteiger partial charge in [0.25, 0.3) is 0 Å². The van der Waals surface area contributed by atoms with Gasteiger partial charge in [0, 0.05) is 4.47 Å². The normalized spacial score (nSPS) is 14.0. The SMILES string of the molecule is CC(Nc1cccc(C#N)n1)c1cc2c(cc1Br)OCCO2. The predicted octanol–water partition coefficient (Wildman–Crippen LogP) is 3.66. The maximum Gasteiger partial charge on any atom is 0.162 e. The number of nitrogens with one attached hydrogen (secondary N) is 1. The second-order valence-electron chi connectivity index (χ2n) is 4.90. The summed E-state index contributed by atoms with van der Waals surface area (Å²) < 4.78 is 12.1. The quantitative estimate of drug-likeness (QED) is 0.905. The molecule has 2 aromatic rings. The van der Waals surface area contributed by atoms with Crippen LogP contribution in [0, 0.1) is 11.3 Å². The number of aromatic nitrogens is 1. The number of anilines is 1. The molecule has 6 heteroatoms. The zero-order valence-corrected chi connectivity index (χ0v) is 13.6. The van der Waals surface area contributed by atoms with Crippen molar-refractivity contribution in [1.82, 2.24) is 4.98 Å². The topological polar surface area (TPSA) is 67.2 Å². The van der Waals surface area contributed by atoms with Gasteiger partial charge in [0.2, 0.25) is 0 Å². The fourth-order valence-corrected chi connectivity index (χ4v) is 2.95. The monoisotopic (exact) mass is 359 g/mol. The minimum absolute atomic E-state index is 0.00774. The largest absolute Gasteiger partial charge is 0.486 e. The molecule has 1 aromatic heterocycles. The van der Waals surface area contributed by atoms with Crippen molar-refractivity contribution in [3.8, 4) is 17.6 Å². The van der Waals surface area contributed by atoms with Gasteiger partial charge in [-0.2, -0.15) is 5.26 Å². The van der Waals surface area contributed by atoms with E-state index in [-0.39, 0.29) is 6.04 Å². The van der Waals surface area contributed by atoms with Crippen LogP contribution in [0.25, 0.3) is 0 Å². The average Bonchev–Trinajstić information content (AvgIpc) is 2.54. The Labute approximate surface area is 137 Å². The van der Waals surface area contributed by atoms with E-state index in [9.17, 15) is 0 Å². The Morgan fingerprint density at radius 3 is 2.73 bits per heavy atom. The van der Waals surface area contributed by atoms with Crippen molar-refractivity contribution >= 4 is 21.7 Å². The van der Waals surface area contributed by atoms with Crippen molar-refractivity contribution in [2.24, 2.45) is 0 Å². The molecule has 1 aliphatic rings. The van der Waals surface area contributed by atoms with Crippen molar-refractivity contribution < 1.29 is 9.47 Å². The Balaban J connectivity index is 1.85. The molecule has 0 aliphatic carbocycles. The molecule has 1 atom stereocenters. The molecule has 0 amide bonds. The summed E-state index contributed by atoms with van der Waals surface area (Å²) in [5.41, 5.74) is 1.42. The molecule has 1 N–H and O–H groups in total. The third kappa shape index (κ3) is 3.00. The molecule has 0 bridgehead atoms. The van der Waals surface area contributed by atoms with Gasteiger partial charge in [-0.25, -0.2) is 4.98 Å². The predicted molar refractivity (Wildman–Crippen MR) is 86.1 cm³/mol. The van der Waals surface area contributed by atoms with Crippen LogP contribution >= 0.6 is 15.9 Å². The van der Waals surface area contributed by atoms with E-state index in [2.05, 4.69) is 26.2 Å². The first kappa shape index (κ1) is 14.7. The number of pyridine rings is 1. The number of nitriles is 1. The lowest BCUT2D eigenvalue weighted by Gasteiger charge is -2.22. The third-order valence-corrected chi connectivity index (χ3v) is 4.04. The lowest BCUT2D eigenvalue weighted by atomic mass is 10.1. The van der Waals surface area contributed by atoms with Gasteiger partial charge in [0.05, 0.1) is 6.04 Å². The molecule has 112 valence electrons. The molecule has 0 saturated heterocycles. The summed E-state index contributed by atoms with van der Waals surface area (Å²) in [6.45, 7) is 3.15. The Morgan fingerprint density at radius 1 is 1.27 bits per heavy atom. The minimum atomic E-state index is -0.00774. The van der Waals surface area contributed by atoms with Crippen LogP contribution in [-0.2, 0) is 0 Å². The van der Waals surface area contributed by atoms with Crippen molar-refractivity contribution in [1.29, 1.82) is 5.26 Å². The summed E-state index contributed by atoms with van der Waals surface area (Å²) in [5, 5.41) is 12.2. The van der Waals surface area contributed by atoms with E-state index in [4.69, 9.17) is 14.7 Å². The van der Waals surface area contributed by atoms with E-state index in [1.807, 2.05) is 31.2 Å². The first-order valence-electron chi connectivity index (χ1n) is 6.90. The smallest absolute Gasteiger partial charge is 0.162 e. The number of rotatable bonds is 3. The molecule has 0 spiro atoms. The molecule has 2 heterocycles. The summed E-state index contributed by atoms with van der Waals surface area (Å²) in [7, 11) is 0. The number of hydrogen-bond donors (Lipinski definition) is 1. The van der Waals surface area contributed by atoms with Gasteiger partial charge in [0.1, 0.15) is 30.8 Å². The fraction of sp³-hybridized carbons (Fsp3) is 0.250. The Bertz CT molecular complexity index is 743. The van der Waals surface area contributed by atoms with Gasteiger partial charge in [0.15, 0.2) is 11.5 Å².